The maximum absolute atomic E-state index is 14.9. The van der Waals surface area contributed by atoms with Crippen LogP contribution in [-0.4, -0.2) is 35.9 Å². The third-order valence-corrected chi connectivity index (χ3v) is 6.30. The number of halogens is 1. The molecule has 1 aliphatic rings. The van der Waals surface area contributed by atoms with Crippen LogP contribution in [0.5, 0.6) is 11.6 Å². The SMILES string of the molecule is CN=C(C)N=C(C)NC(=O)C(C)(C)C1c2ccc(-c3ccc(C=O)cc3)nc2Oc2c(F)cccc21. The molecule has 2 aromatic carbocycles. The van der Waals surface area contributed by atoms with Gasteiger partial charge >= 0.3 is 0 Å². The van der Waals surface area contributed by atoms with Gasteiger partial charge in [0, 0.05) is 35.2 Å². The Hall–Kier alpha value is -4.20. The van der Waals surface area contributed by atoms with E-state index in [0.29, 0.717) is 34.1 Å². The van der Waals surface area contributed by atoms with E-state index in [0.717, 1.165) is 11.8 Å². The van der Waals surface area contributed by atoms with Gasteiger partial charge < -0.3 is 10.1 Å². The molecule has 4 rings (SSSR count). The average molecular weight is 487 g/mol. The molecule has 1 aliphatic heterocycles. The van der Waals surface area contributed by atoms with Gasteiger partial charge in [0.25, 0.3) is 0 Å². The predicted molar refractivity (Wildman–Crippen MR) is 137 cm³/mol. The van der Waals surface area contributed by atoms with Crippen LogP contribution in [0.4, 0.5) is 4.39 Å². The molecule has 3 aromatic rings. The number of nitrogens with one attached hydrogen (secondary N) is 1. The molecule has 1 N–H and O–H groups in total. The van der Waals surface area contributed by atoms with Gasteiger partial charge in [-0.15, -0.1) is 0 Å². The lowest BCUT2D eigenvalue weighted by atomic mass is 9.69. The van der Waals surface area contributed by atoms with Crippen molar-refractivity contribution < 1.29 is 18.7 Å². The summed E-state index contributed by atoms with van der Waals surface area (Å²) in [5.41, 5.74) is 2.14. The van der Waals surface area contributed by atoms with Crippen molar-refractivity contribution in [1.82, 2.24) is 10.3 Å². The van der Waals surface area contributed by atoms with E-state index < -0.39 is 17.2 Å². The molecule has 0 fully saturated rings. The molecule has 0 saturated heterocycles. The van der Waals surface area contributed by atoms with Gasteiger partial charge in [0.05, 0.1) is 11.1 Å². The summed E-state index contributed by atoms with van der Waals surface area (Å²) in [6, 6.07) is 15.3. The quantitative estimate of drug-likeness (QED) is 0.297. The van der Waals surface area contributed by atoms with E-state index in [4.69, 9.17) is 4.74 Å². The molecular weight excluding hydrogens is 459 g/mol. The van der Waals surface area contributed by atoms with E-state index in [-0.39, 0.29) is 17.5 Å². The Morgan fingerprint density at radius 3 is 2.47 bits per heavy atom. The van der Waals surface area contributed by atoms with Crippen LogP contribution in [0.25, 0.3) is 11.3 Å². The van der Waals surface area contributed by atoms with E-state index in [1.54, 1.807) is 71.1 Å². The first-order valence-electron chi connectivity index (χ1n) is 11.5. The minimum Gasteiger partial charge on any atom is -0.435 e. The number of aromatic nitrogens is 1. The van der Waals surface area contributed by atoms with Crippen LogP contribution in [-0.2, 0) is 4.79 Å². The van der Waals surface area contributed by atoms with Crippen molar-refractivity contribution >= 4 is 23.9 Å². The number of ether oxygens (including phenoxy) is 1. The Morgan fingerprint density at radius 2 is 1.81 bits per heavy atom. The highest BCUT2D eigenvalue weighted by atomic mass is 19.1. The highest BCUT2D eigenvalue weighted by molar-refractivity contribution is 6.04. The smallest absolute Gasteiger partial charge is 0.231 e. The molecule has 0 radical (unpaired) electrons. The maximum Gasteiger partial charge on any atom is 0.231 e. The summed E-state index contributed by atoms with van der Waals surface area (Å²) in [5, 5.41) is 2.85. The number of carbonyl (C=O) groups excluding carboxylic acids is 2. The number of carbonyl (C=O) groups is 2. The molecule has 1 amide bonds. The summed E-state index contributed by atoms with van der Waals surface area (Å²) < 4.78 is 20.9. The maximum atomic E-state index is 14.9. The first-order chi connectivity index (χ1) is 17.1. The van der Waals surface area contributed by atoms with Gasteiger partial charge in [0.1, 0.15) is 18.0 Å². The lowest BCUT2D eigenvalue weighted by molar-refractivity contribution is -0.128. The monoisotopic (exact) mass is 486 g/mol. The number of pyridine rings is 1. The molecule has 1 unspecified atom stereocenters. The zero-order valence-electron chi connectivity index (χ0n) is 20.8. The number of hydrogen-bond donors (Lipinski definition) is 1. The van der Waals surface area contributed by atoms with E-state index in [1.807, 2.05) is 12.1 Å². The Kier molecular flexibility index (Phi) is 6.79. The largest absolute Gasteiger partial charge is 0.435 e. The van der Waals surface area contributed by atoms with Crippen LogP contribution in [0, 0.1) is 11.2 Å². The van der Waals surface area contributed by atoms with Gasteiger partial charge in [-0.25, -0.2) is 14.4 Å². The van der Waals surface area contributed by atoms with Crippen LogP contribution < -0.4 is 10.1 Å². The van der Waals surface area contributed by atoms with E-state index >= 15 is 0 Å². The van der Waals surface area contributed by atoms with Crippen LogP contribution in [0.1, 0.15) is 55.1 Å². The van der Waals surface area contributed by atoms with Crippen molar-refractivity contribution in [1.29, 1.82) is 0 Å². The number of para-hydroxylation sites is 1. The Morgan fingerprint density at radius 1 is 1.08 bits per heavy atom. The number of amides is 1. The van der Waals surface area contributed by atoms with Crippen molar-refractivity contribution in [3.8, 4) is 22.9 Å². The Labute approximate surface area is 209 Å². The number of benzene rings is 2. The van der Waals surface area contributed by atoms with Crippen LogP contribution in [0.3, 0.4) is 0 Å². The molecule has 8 heteroatoms. The number of aldehydes is 1. The summed E-state index contributed by atoms with van der Waals surface area (Å²) in [5.74, 6) is -0.128. The highest BCUT2D eigenvalue weighted by Crippen LogP contribution is 2.52. The molecule has 1 aromatic heterocycles. The van der Waals surface area contributed by atoms with Gasteiger partial charge in [-0.05, 0) is 26.0 Å². The second-order valence-corrected chi connectivity index (χ2v) is 9.17. The zero-order chi connectivity index (χ0) is 26.0. The summed E-state index contributed by atoms with van der Waals surface area (Å²) in [7, 11) is 1.63. The van der Waals surface area contributed by atoms with Crippen molar-refractivity contribution in [2.75, 3.05) is 7.05 Å². The summed E-state index contributed by atoms with van der Waals surface area (Å²) >= 11 is 0. The molecule has 2 heterocycles. The van der Waals surface area contributed by atoms with Crippen LogP contribution in [0.15, 0.2) is 64.6 Å². The first kappa shape index (κ1) is 24.9. The molecule has 0 spiro atoms. The van der Waals surface area contributed by atoms with Gasteiger partial charge in [0.15, 0.2) is 11.6 Å². The second-order valence-electron chi connectivity index (χ2n) is 9.17. The fourth-order valence-corrected chi connectivity index (χ4v) is 4.33. The third-order valence-electron chi connectivity index (χ3n) is 6.30. The van der Waals surface area contributed by atoms with E-state index in [1.165, 1.54) is 6.07 Å². The van der Waals surface area contributed by atoms with E-state index in [9.17, 15) is 14.0 Å². The topological polar surface area (TPSA) is 93.0 Å². The van der Waals surface area contributed by atoms with Gasteiger partial charge in [-0.3, -0.25) is 14.6 Å². The number of hydrogen-bond acceptors (Lipinski definition) is 5. The minimum absolute atomic E-state index is 0.0520. The molecule has 0 bridgehead atoms. The number of amidine groups is 2. The summed E-state index contributed by atoms with van der Waals surface area (Å²) in [6.45, 7) is 7.04. The van der Waals surface area contributed by atoms with Crippen molar-refractivity contribution in [3.63, 3.8) is 0 Å². The number of rotatable bonds is 4. The Bertz CT molecular complexity index is 1390. The number of fused-ring (bicyclic) bond motifs is 2. The van der Waals surface area contributed by atoms with Gasteiger partial charge in [-0.2, -0.15) is 0 Å². The average Bonchev–Trinajstić information content (AvgIpc) is 2.87. The van der Waals surface area contributed by atoms with Gasteiger partial charge in [-0.1, -0.05) is 56.3 Å². The predicted octanol–water partition coefficient (Wildman–Crippen LogP) is 5.55. The Balaban J connectivity index is 1.79. The molecule has 7 nitrogen and oxygen atoms in total. The highest BCUT2D eigenvalue weighted by Gasteiger charge is 2.45. The normalized spacial score (nSPS) is 15.4. The van der Waals surface area contributed by atoms with Gasteiger partial charge in [0.2, 0.25) is 11.8 Å². The van der Waals surface area contributed by atoms with Crippen molar-refractivity contribution in [3.05, 3.63) is 77.1 Å². The van der Waals surface area contributed by atoms with Crippen molar-refractivity contribution in [2.45, 2.75) is 33.6 Å². The third kappa shape index (κ3) is 4.66. The van der Waals surface area contributed by atoms with Crippen LogP contribution >= 0.6 is 0 Å². The number of aliphatic imine (C=N–C) groups is 2. The molecule has 184 valence electrons. The second kappa shape index (κ2) is 9.81. The first-order valence-corrected chi connectivity index (χ1v) is 11.5. The van der Waals surface area contributed by atoms with E-state index in [2.05, 4.69) is 20.3 Å². The lowest BCUT2D eigenvalue weighted by Crippen LogP contribution is -2.44. The molecule has 1 atom stereocenters. The zero-order valence-corrected chi connectivity index (χ0v) is 20.8. The molecule has 0 saturated carbocycles. The summed E-state index contributed by atoms with van der Waals surface area (Å²) in [4.78, 5) is 37.4. The molecule has 0 aliphatic carbocycles. The molecule has 36 heavy (non-hydrogen) atoms. The molecular formula is C28H27FN4O3. The fraction of sp³-hybridized carbons (Fsp3) is 0.250. The fourth-order valence-electron chi connectivity index (χ4n) is 4.33. The number of nitrogens with zero attached hydrogens (tertiary/aromatic N) is 3. The summed E-state index contributed by atoms with van der Waals surface area (Å²) in [6.07, 6.45) is 0.771. The van der Waals surface area contributed by atoms with Crippen LogP contribution in [0.2, 0.25) is 0 Å². The standard InChI is InChI=1S/C28H27FN4O3/c1-16(30-5)31-17(2)32-27(35)28(3,4)24-20-7-6-8-22(29)25(20)36-26-21(24)13-14-23(33-26)19-11-9-18(15-34)10-12-19/h6-15,24H,1-5H3,(H,30,31,32,35). The minimum atomic E-state index is -1.02. The van der Waals surface area contributed by atoms with Crippen molar-refractivity contribution in [2.24, 2.45) is 15.4 Å². The lowest BCUT2D eigenvalue weighted by Gasteiger charge is -2.37.